The van der Waals surface area contributed by atoms with E-state index in [0.29, 0.717) is 16.3 Å². The zero-order chi connectivity index (χ0) is 17.0. The molecule has 0 fully saturated rings. The maximum Gasteiger partial charge on any atom is 0.245 e. The highest BCUT2D eigenvalue weighted by Crippen LogP contribution is 2.20. The topological polar surface area (TPSA) is 37.4 Å². The summed E-state index contributed by atoms with van der Waals surface area (Å²) in [5, 5.41) is -0.140. The summed E-state index contributed by atoms with van der Waals surface area (Å²) < 4.78 is 0. The molecule has 0 N–H and O–H groups in total. The van der Waals surface area contributed by atoms with Crippen LogP contribution in [0.4, 0.5) is 5.69 Å². The molecule has 0 radical (unpaired) electrons. The van der Waals surface area contributed by atoms with Gasteiger partial charge in [0, 0.05) is 16.3 Å². The monoisotopic (exact) mass is 349 g/mol. The third kappa shape index (κ3) is 4.34. The molecule has 2 aromatic carbocycles. The van der Waals surface area contributed by atoms with Gasteiger partial charge in [-0.05, 0) is 49.7 Å². The predicted molar refractivity (Wildman–Crippen MR) is 94.6 cm³/mol. The molecule has 23 heavy (non-hydrogen) atoms. The Morgan fingerprint density at radius 1 is 1.13 bits per heavy atom. The van der Waals surface area contributed by atoms with E-state index in [-0.39, 0.29) is 18.2 Å². The summed E-state index contributed by atoms with van der Waals surface area (Å²) in [6.45, 7) is 3.35. The van der Waals surface area contributed by atoms with Crippen LogP contribution in [0.5, 0.6) is 0 Å². The van der Waals surface area contributed by atoms with Gasteiger partial charge in [0.25, 0.3) is 0 Å². The third-order valence-corrected chi connectivity index (χ3v) is 3.89. The predicted octanol–water partition coefficient (Wildman–Crippen LogP) is 4.49. The minimum atomic E-state index is -0.714. The fourth-order valence-corrected chi connectivity index (χ4v) is 2.63. The summed E-state index contributed by atoms with van der Waals surface area (Å²) in [5.41, 5.74) is 1.97. The molecule has 0 saturated carbocycles. The molecule has 0 aliphatic rings. The molecule has 1 amide bonds. The van der Waals surface area contributed by atoms with Crippen LogP contribution in [0, 0.1) is 6.92 Å². The number of hydrogen-bond acceptors (Lipinski definition) is 2. The number of benzene rings is 2. The number of carbonyl (C=O) groups excluding carboxylic acids is 2. The minimum absolute atomic E-state index is 0.0671. The molecule has 0 heterocycles. The summed E-state index contributed by atoms with van der Waals surface area (Å²) in [4.78, 5) is 26.4. The molecule has 0 aromatic heterocycles. The van der Waals surface area contributed by atoms with E-state index in [1.54, 1.807) is 37.3 Å². The van der Waals surface area contributed by atoms with Crippen molar-refractivity contribution >= 4 is 40.6 Å². The smallest absolute Gasteiger partial charge is 0.245 e. The first-order valence-electron chi connectivity index (χ1n) is 7.20. The second kappa shape index (κ2) is 7.62. The highest BCUT2D eigenvalue weighted by Gasteiger charge is 2.23. The van der Waals surface area contributed by atoms with Crippen molar-refractivity contribution in [1.29, 1.82) is 0 Å². The zero-order valence-electron chi connectivity index (χ0n) is 12.9. The number of amides is 1. The molecule has 0 bridgehead atoms. The lowest BCUT2D eigenvalue weighted by Gasteiger charge is -2.23. The van der Waals surface area contributed by atoms with Gasteiger partial charge in [0.1, 0.15) is 5.38 Å². The first-order chi connectivity index (χ1) is 10.9. The van der Waals surface area contributed by atoms with Gasteiger partial charge in [0.2, 0.25) is 5.91 Å². The van der Waals surface area contributed by atoms with Crippen LogP contribution in [-0.4, -0.2) is 23.6 Å². The van der Waals surface area contributed by atoms with Gasteiger partial charge in [-0.25, -0.2) is 0 Å². The SMILES string of the molecule is Cc1cc(Cl)ccc1C(=O)CN(C(=O)C(C)Cl)c1ccccc1. The second-order valence-corrected chi connectivity index (χ2v) is 6.35. The first-order valence-corrected chi connectivity index (χ1v) is 8.01. The number of aryl methyl sites for hydroxylation is 1. The summed E-state index contributed by atoms with van der Waals surface area (Å²) in [5.74, 6) is -0.466. The maximum atomic E-state index is 12.6. The Bertz CT molecular complexity index is 714. The van der Waals surface area contributed by atoms with E-state index in [1.807, 2.05) is 25.1 Å². The molecule has 5 heteroatoms. The molecule has 120 valence electrons. The van der Waals surface area contributed by atoms with E-state index >= 15 is 0 Å². The van der Waals surface area contributed by atoms with Crippen LogP contribution in [0.1, 0.15) is 22.8 Å². The summed E-state index contributed by atoms with van der Waals surface area (Å²) in [6.07, 6.45) is 0. The number of rotatable bonds is 5. The van der Waals surface area contributed by atoms with Crippen molar-refractivity contribution in [2.75, 3.05) is 11.4 Å². The Hall–Kier alpha value is -1.84. The van der Waals surface area contributed by atoms with Gasteiger partial charge < -0.3 is 4.90 Å². The molecule has 1 unspecified atom stereocenters. The number of halogens is 2. The lowest BCUT2D eigenvalue weighted by molar-refractivity contribution is -0.117. The van der Waals surface area contributed by atoms with Gasteiger partial charge in [0.15, 0.2) is 5.78 Å². The Labute approximate surface area is 145 Å². The van der Waals surface area contributed by atoms with E-state index in [1.165, 1.54) is 4.90 Å². The van der Waals surface area contributed by atoms with Crippen molar-refractivity contribution in [1.82, 2.24) is 0 Å². The Kier molecular flexibility index (Phi) is 5.80. The highest BCUT2D eigenvalue weighted by atomic mass is 35.5. The molecule has 1 atom stereocenters. The average molecular weight is 350 g/mol. The normalized spacial score (nSPS) is 11.8. The van der Waals surface area contributed by atoms with E-state index in [0.717, 1.165) is 5.56 Å². The first kappa shape index (κ1) is 17.5. The summed E-state index contributed by atoms with van der Waals surface area (Å²) >= 11 is 11.9. The Morgan fingerprint density at radius 2 is 1.78 bits per heavy atom. The van der Waals surface area contributed by atoms with E-state index < -0.39 is 5.38 Å². The number of Topliss-reactive ketones (excluding diaryl/α,β-unsaturated/α-hetero) is 1. The second-order valence-electron chi connectivity index (χ2n) is 5.26. The maximum absolute atomic E-state index is 12.6. The lowest BCUT2D eigenvalue weighted by atomic mass is 10.0. The largest absolute Gasteiger partial charge is 0.303 e. The Morgan fingerprint density at radius 3 is 2.35 bits per heavy atom. The number of ketones is 1. The van der Waals surface area contributed by atoms with Gasteiger partial charge in [0.05, 0.1) is 6.54 Å². The van der Waals surface area contributed by atoms with Crippen molar-refractivity contribution in [2.24, 2.45) is 0 Å². The van der Waals surface area contributed by atoms with E-state index in [9.17, 15) is 9.59 Å². The highest BCUT2D eigenvalue weighted by molar-refractivity contribution is 6.33. The van der Waals surface area contributed by atoms with Crippen LogP contribution in [0.3, 0.4) is 0 Å². The van der Waals surface area contributed by atoms with Gasteiger partial charge in [-0.2, -0.15) is 0 Å². The van der Waals surface area contributed by atoms with Crippen molar-refractivity contribution in [3.63, 3.8) is 0 Å². The molecule has 2 rings (SSSR count). The van der Waals surface area contributed by atoms with Crippen LogP contribution in [-0.2, 0) is 4.79 Å². The van der Waals surface area contributed by atoms with Crippen LogP contribution in [0.25, 0.3) is 0 Å². The van der Waals surface area contributed by atoms with Gasteiger partial charge in [-0.3, -0.25) is 9.59 Å². The molecule has 0 spiro atoms. The molecular formula is C18H17Cl2NO2. The number of alkyl halides is 1. The fraction of sp³-hybridized carbons (Fsp3) is 0.222. The average Bonchev–Trinajstić information content (AvgIpc) is 2.52. The number of carbonyl (C=O) groups is 2. The number of para-hydroxylation sites is 1. The van der Waals surface area contributed by atoms with Crippen LogP contribution >= 0.6 is 23.2 Å². The molecule has 0 aliphatic carbocycles. The van der Waals surface area contributed by atoms with Crippen LogP contribution < -0.4 is 4.90 Å². The van der Waals surface area contributed by atoms with Crippen molar-refractivity contribution < 1.29 is 9.59 Å². The number of hydrogen-bond donors (Lipinski definition) is 0. The quantitative estimate of drug-likeness (QED) is 0.588. The van der Waals surface area contributed by atoms with Gasteiger partial charge in [-0.15, -0.1) is 11.6 Å². The Balaban J connectivity index is 2.30. The molecule has 0 aliphatic heterocycles. The van der Waals surface area contributed by atoms with Crippen LogP contribution in [0.2, 0.25) is 5.02 Å². The van der Waals surface area contributed by atoms with E-state index in [2.05, 4.69) is 0 Å². The fourth-order valence-electron chi connectivity index (χ4n) is 2.29. The minimum Gasteiger partial charge on any atom is -0.303 e. The number of anilines is 1. The van der Waals surface area contributed by atoms with E-state index in [4.69, 9.17) is 23.2 Å². The van der Waals surface area contributed by atoms with Crippen molar-refractivity contribution in [2.45, 2.75) is 19.2 Å². The third-order valence-electron chi connectivity index (χ3n) is 3.46. The summed E-state index contributed by atoms with van der Waals surface area (Å²) in [7, 11) is 0. The van der Waals surface area contributed by atoms with Gasteiger partial charge >= 0.3 is 0 Å². The molecule has 2 aromatic rings. The number of nitrogens with zero attached hydrogens (tertiary/aromatic N) is 1. The zero-order valence-corrected chi connectivity index (χ0v) is 14.4. The van der Waals surface area contributed by atoms with Crippen LogP contribution in [0.15, 0.2) is 48.5 Å². The van der Waals surface area contributed by atoms with Crippen molar-refractivity contribution in [3.05, 3.63) is 64.7 Å². The van der Waals surface area contributed by atoms with Crippen molar-refractivity contribution in [3.8, 4) is 0 Å². The van der Waals surface area contributed by atoms with Gasteiger partial charge in [-0.1, -0.05) is 29.8 Å². The summed E-state index contributed by atoms with van der Waals surface area (Å²) in [6, 6.07) is 14.1. The molecule has 3 nitrogen and oxygen atoms in total. The standard InChI is InChI=1S/C18H17Cl2NO2/c1-12-10-14(20)8-9-16(12)17(22)11-21(18(23)13(2)19)15-6-4-3-5-7-15/h3-10,13H,11H2,1-2H3. The lowest BCUT2D eigenvalue weighted by Crippen LogP contribution is -2.39. The molecular weight excluding hydrogens is 333 g/mol. The molecule has 0 saturated heterocycles.